The van der Waals surface area contributed by atoms with Gasteiger partial charge in [0.25, 0.3) is 11.6 Å². The molecule has 0 aliphatic carbocycles. The molecule has 0 saturated carbocycles. The Labute approximate surface area is 116 Å². The molecule has 0 spiro atoms. The van der Waals surface area contributed by atoms with E-state index < -0.39 is 28.0 Å². The number of nitro benzene ring substituents is 1. The van der Waals surface area contributed by atoms with Gasteiger partial charge in [0.05, 0.1) is 4.92 Å². The largest absolute Gasteiger partial charge is 0.325 e. The lowest BCUT2D eigenvalue weighted by Crippen LogP contribution is -2.15. The van der Waals surface area contributed by atoms with E-state index in [4.69, 9.17) is 5.73 Å². The van der Waals surface area contributed by atoms with Gasteiger partial charge in [-0.05, 0) is 6.07 Å². The van der Waals surface area contributed by atoms with Gasteiger partial charge in [-0.1, -0.05) is 6.07 Å². The molecule has 1 heterocycles. The van der Waals surface area contributed by atoms with Gasteiger partial charge in [0.15, 0.2) is 11.5 Å². The third-order valence-corrected chi connectivity index (χ3v) is 3.26. The van der Waals surface area contributed by atoms with E-state index >= 15 is 0 Å². The molecule has 0 bridgehead atoms. The number of amides is 1. The fourth-order valence-corrected chi connectivity index (χ4v) is 2.13. The minimum absolute atomic E-state index is 0.0352. The lowest BCUT2D eigenvalue weighted by Gasteiger charge is -2.05. The number of nitrogens with one attached hydrogen (secondary N) is 1. The maximum atomic E-state index is 13.6. The van der Waals surface area contributed by atoms with Crippen molar-refractivity contribution in [1.82, 2.24) is 4.98 Å². The first kappa shape index (κ1) is 14.0. The van der Waals surface area contributed by atoms with Crippen molar-refractivity contribution in [2.24, 2.45) is 5.73 Å². The first-order chi connectivity index (χ1) is 9.52. The minimum Gasteiger partial charge on any atom is -0.325 e. The summed E-state index contributed by atoms with van der Waals surface area (Å²) in [5.41, 5.74) is 4.40. The molecule has 0 fully saturated rings. The Morgan fingerprint density at radius 2 is 2.30 bits per heavy atom. The smallest absolute Gasteiger partial charge is 0.295 e. The molecule has 0 saturated heterocycles. The number of rotatable bonds is 4. The van der Waals surface area contributed by atoms with Crippen LogP contribution in [0.4, 0.5) is 15.8 Å². The number of benzene rings is 1. The number of anilines is 1. The molecular weight excluding hydrogens is 287 g/mol. The van der Waals surface area contributed by atoms with Gasteiger partial charge in [-0.15, -0.1) is 11.3 Å². The molecule has 20 heavy (non-hydrogen) atoms. The standard InChI is InChI=1S/C11H9FN4O3S/c12-6-2-1-3-8(16(18)19)10(6)15-11(17)7-5-20-9(4-13)14-7/h1-3,5H,4,13H2,(H,15,17). The van der Waals surface area contributed by atoms with Crippen molar-refractivity contribution in [2.45, 2.75) is 6.54 Å². The number of thiazole rings is 1. The number of aromatic nitrogens is 1. The van der Waals surface area contributed by atoms with Crippen LogP contribution >= 0.6 is 11.3 Å². The summed E-state index contributed by atoms with van der Waals surface area (Å²) >= 11 is 1.18. The molecule has 2 rings (SSSR count). The van der Waals surface area contributed by atoms with Gasteiger partial charge < -0.3 is 11.1 Å². The molecule has 0 atom stereocenters. The summed E-state index contributed by atoms with van der Waals surface area (Å²) in [6.07, 6.45) is 0. The summed E-state index contributed by atoms with van der Waals surface area (Å²) in [6, 6.07) is 3.32. The Hall–Kier alpha value is -2.39. The topological polar surface area (TPSA) is 111 Å². The van der Waals surface area contributed by atoms with Crippen molar-refractivity contribution in [3.63, 3.8) is 0 Å². The van der Waals surface area contributed by atoms with Crippen LogP contribution in [0.5, 0.6) is 0 Å². The predicted molar refractivity (Wildman–Crippen MR) is 71.0 cm³/mol. The van der Waals surface area contributed by atoms with E-state index in [0.717, 1.165) is 12.1 Å². The molecule has 9 heteroatoms. The second-order valence-electron chi connectivity index (χ2n) is 3.68. The molecule has 3 N–H and O–H groups in total. The summed E-state index contributed by atoms with van der Waals surface area (Å²) in [7, 11) is 0. The van der Waals surface area contributed by atoms with Gasteiger partial charge in [0.2, 0.25) is 0 Å². The predicted octanol–water partition coefficient (Wildman–Crippen LogP) is 1.90. The van der Waals surface area contributed by atoms with Crippen LogP contribution in [-0.2, 0) is 6.54 Å². The Morgan fingerprint density at radius 1 is 1.55 bits per heavy atom. The fourth-order valence-electron chi connectivity index (χ4n) is 1.48. The monoisotopic (exact) mass is 296 g/mol. The van der Waals surface area contributed by atoms with E-state index in [1.165, 1.54) is 22.8 Å². The quantitative estimate of drug-likeness (QED) is 0.661. The molecule has 104 valence electrons. The van der Waals surface area contributed by atoms with Gasteiger partial charge in [-0.3, -0.25) is 14.9 Å². The zero-order chi connectivity index (χ0) is 14.7. The average Bonchev–Trinajstić information content (AvgIpc) is 2.89. The molecule has 1 aromatic carbocycles. The normalized spacial score (nSPS) is 10.3. The highest BCUT2D eigenvalue weighted by molar-refractivity contribution is 7.09. The van der Waals surface area contributed by atoms with E-state index in [0.29, 0.717) is 5.01 Å². The van der Waals surface area contributed by atoms with Crippen LogP contribution in [0.15, 0.2) is 23.6 Å². The summed E-state index contributed by atoms with van der Waals surface area (Å²) in [5.74, 6) is -1.61. The molecule has 2 aromatic rings. The van der Waals surface area contributed by atoms with Crippen molar-refractivity contribution in [1.29, 1.82) is 0 Å². The molecule has 0 radical (unpaired) electrons. The first-order valence-corrected chi connectivity index (χ1v) is 6.29. The Bertz CT molecular complexity index is 673. The summed E-state index contributed by atoms with van der Waals surface area (Å²) in [5, 5.41) is 15.0. The van der Waals surface area contributed by atoms with Crippen molar-refractivity contribution in [2.75, 3.05) is 5.32 Å². The minimum atomic E-state index is -0.887. The van der Waals surface area contributed by atoms with Crippen LogP contribution in [0, 0.1) is 15.9 Å². The van der Waals surface area contributed by atoms with E-state index in [2.05, 4.69) is 10.3 Å². The van der Waals surface area contributed by atoms with Crippen LogP contribution < -0.4 is 11.1 Å². The zero-order valence-electron chi connectivity index (χ0n) is 10.00. The maximum Gasteiger partial charge on any atom is 0.295 e. The molecular formula is C11H9FN4O3S. The number of nitro groups is 1. The highest BCUT2D eigenvalue weighted by atomic mass is 32.1. The number of nitrogens with two attached hydrogens (primary N) is 1. The molecule has 0 unspecified atom stereocenters. The van der Waals surface area contributed by atoms with Gasteiger partial charge >= 0.3 is 0 Å². The SMILES string of the molecule is NCc1nc(C(=O)Nc2c(F)cccc2[N+](=O)[O-])cs1. The van der Waals surface area contributed by atoms with Gasteiger partial charge in [-0.25, -0.2) is 9.37 Å². The van der Waals surface area contributed by atoms with Crippen LogP contribution in [0.1, 0.15) is 15.5 Å². The highest BCUT2D eigenvalue weighted by Gasteiger charge is 2.21. The lowest BCUT2D eigenvalue weighted by molar-refractivity contribution is -0.384. The molecule has 0 aliphatic rings. The Morgan fingerprint density at radius 3 is 2.90 bits per heavy atom. The number of para-hydroxylation sites is 1. The average molecular weight is 296 g/mol. The van der Waals surface area contributed by atoms with E-state index in [1.54, 1.807) is 0 Å². The number of hydrogen-bond acceptors (Lipinski definition) is 6. The van der Waals surface area contributed by atoms with Crippen LogP contribution in [-0.4, -0.2) is 15.8 Å². The summed E-state index contributed by atoms with van der Waals surface area (Å²) in [4.78, 5) is 25.8. The zero-order valence-corrected chi connectivity index (χ0v) is 10.8. The van der Waals surface area contributed by atoms with Crippen molar-refractivity contribution >= 4 is 28.6 Å². The number of halogens is 1. The highest BCUT2D eigenvalue weighted by Crippen LogP contribution is 2.27. The van der Waals surface area contributed by atoms with E-state index in [9.17, 15) is 19.3 Å². The fraction of sp³-hybridized carbons (Fsp3) is 0.0909. The van der Waals surface area contributed by atoms with Crippen LogP contribution in [0.3, 0.4) is 0 Å². The van der Waals surface area contributed by atoms with E-state index in [-0.39, 0.29) is 12.2 Å². The van der Waals surface area contributed by atoms with Gasteiger partial charge in [0.1, 0.15) is 10.7 Å². The van der Waals surface area contributed by atoms with Crippen LogP contribution in [0.25, 0.3) is 0 Å². The second-order valence-corrected chi connectivity index (χ2v) is 4.62. The molecule has 0 aliphatic heterocycles. The Kier molecular flexibility index (Phi) is 4.01. The third-order valence-electron chi connectivity index (χ3n) is 2.39. The lowest BCUT2D eigenvalue weighted by atomic mass is 10.2. The second kappa shape index (κ2) is 5.72. The summed E-state index contributed by atoms with van der Waals surface area (Å²) < 4.78 is 13.6. The number of nitrogens with zero attached hydrogens (tertiary/aromatic N) is 2. The molecule has 1 aromatic heterocycles. The van der Waals surface area contributed by atoms with Crippen molar-refractivity contribution < 1.29 is 14.1 Å². The molecule has 1 amide bonds. The first-order valence-electron chi connectivity index (χ1n) is 5.41. The van der Waals surface area contributed by atoms with Gasteiger partial charge in [-0.2, -0.15) is 0 Å². The van der Waals surface area contributed by atoms with E-state index in [1.807, 2.05) is 0 Å². The molecule has 7 nitrogen and oxygen atoms in total. The number of hydrogen-bond donors (Lipinski definition) is 2. The number of carbonyl (C=O) groups excluding carboxylic acids is 1. The van der Waals surface area contributed by atoms with Crippen LogP contribution in [0.2, 0.25) is 0 Å². The van der Waals surface area contributed by atoms with Crippen molar-refractivity contribution in [3.05, 3.63) is 50.2 Å². The third kappa shape index (κ3) is 2.78. The summed E-state index contributed by atoms with van der Waals surface area (Å²) in [6.45, 7) is 0.178. The maximum absolute atomic E-state index is 13.6. The Balaban J connectivity index is 2.30. The van der Waals surface area contributed by atoms with Gasteiger partial charge in [0, 0.05) is 18.0 Å². The van der Waals surface area contributed by atoms with Crippen molar-refractivity contribution in [3.8, 4) is 0 Å². The number of carbonyl (C=O) groups is 1.